The van der Waals surface area contributed by atoms with Gasteiger partial charge in [-0.2, -0.15) is 5.26 Å². The molecule has 0 fully saturated rings. The highest BCUT2D eigenvalue weighted by Gasteiger charge is 2.22. The first-order valence-electron chi connectivity index (χ1n) is 6.98. The lowest BCUT2D eigenvalue weighted by molar-refractivity contribution is 0.410. The number of nitriles is 1. The average molecular weight is 330 g/mol. The number of ether oxygens (including phenoxy) is 1. The second kappa shape index (κ2) is 6.31. The number of hydrogen-bond acceptors (Lipinski definition) is 4. The van der Waals surface area contributed by atoms with Crippen LogP contribution < -0.4 is 9.46 Å². The third-order valence-electron chi connectivity index (χ3n) is 3.73. The number of rotatable bonds is 4. The molecule has 0 spiro atoms. The summed E-state index contributed by atoms with van der Waals surface area (Å²) in [6.07, 6.45) is 0. The molecule has 5 nitrogen and oxygen atoms in total. The Morgan fingerprint density at radius 1 is 1.09 bits per heavy atom. The molecule has 1 N–H and O–H groups in total. The zero-order valence-electron chi connectivity index (χ0n) is 13.5. The second-order valence-electron chi connectivity index (χ2n) is 5.27. The van der Waals surface area contributed by atoms with Gasteiger partial charge in [0.15, 0.2) is 0 Å². The number of nitrogens with one attached hydrogen (secondary N) is 1. The van der Waals surface area contributed by atoms with Crippen LogP contribution in [0.1, 0.15) is 22.3 Å². The van der Waals surface area contributed by atoms with Gasteiger partial charge in [-0.1, -0.05) is 0 Å². The lowest BCUT2D eigenvalue weighted by Crippen LogP contribution is -2.16. The fraction of sp³-hybridized carbons (Fsp3) is 0.235. The maximum atomic E-state index is 12.7. The summed E-state index contributed by atoms with van der Waals surface area (Å²) >= 11 is 0. The van der Waals surface area contributed by atoms with E-state index in [9.17, 15) is 8.42 Å². The van der Waals surface area contributed by atoms with Crippen molar-refractivity contribution in [3.05, 3.63) is 52.6 Å². The van der Waals surface area contributed by atoms with Gasteiger partial charge in [0.2, 0.25) is 0 Å². The van der Waals surface area contributed by atoms with E-state index in [0.29, 0.717) is 28.1 Å². The Labute approximate surface area is 136 Å². The van der Waals surface area contributed by atoms with Crippen LogP contribution in [0.3, 0.4) is 0 Å². The van der Waals surface area contributed by atoms with E-state index in [0.717, 1.165) is 5.56 Å². The van der Waals surface area contributed by atoms with E-state index in [-0.39, 0.29) is 4.90 Å². The Morgan fingerprint density at radius 2 is 1.70 bits per heavy atom. The van der Waals surface area contributed by atoms with Gasteiger partial charge in [-0.05, 0) is 67.8 Å². The molecule has 0 aliphatic rings. The lowest BCUT2D eigenvalue weighted by atomic mass is 10.1. The fourth-order valence-electron chi connectivity index (χ4n) is 2.47. The fourth-order valence-corrected chi connectivity index (χ4v) is 4.05. The first-order valence-corrected chi connectivity index (χ1v) is 8.46. The first-order chi connectivity index (χ1) is 10.8. The Balaban J connectivity index is 2.47. The van der Waals surface area contributed by atoms with Crippen molar-refractivity contribution in [3.63, 3.8) is 0 Å². The van der Waals surface area contributed by atoms with Gasteiger partial charge in [0.1, 0.15) is 5.75 Å². The molecule has 2 rings (SSSR count). The maximum Gasteiger partial charge on any atom is 0.262 e. The van der Waals surface area contributed by atoms with Gasteiger partial charge in [-0.25, -0.2) is 8.42 Å². The molecular formula is C17H18N2O3S. The Hall–Kier alpha value is -2.52. The van der Waals surface area contributed by atoms with Crippen LogP contribution in [0, 0.1) is 32.1 Å². The van der Waals surface area contributed by atoms with Crippen LogP contribution >= 0.6 is 0 Å². The molecule has 2 aromatic carbocycles. The van der Waals surface area contributed by atoms with Crippen LogP contribution in [0.2, 0.25) is 0 Å². The third kappa shape index (κ3) is 3.30. The molecule has 0 saturated carbocycles. The molecule has 23 heavy (non-hydrogen) atoms. The van der Waals surface area contributed by atoms with Crippen molar-refractivity contribution in [2.24, 2.45) is 0 Å². The zero-order valence-corrected chi connectivity index (χ0v) is 14.3. The number of aryl methyl sites for hydroxylation is 1. The van der Waals surface area contributed by atoms with Gasteiger partial charge in [0.25, 0.3) is 10.0 Å². The standard InChI is InChI=1S/C17H18N2O3S/c1-11-9-16(22-4)12(2)13(3)17(11)23(20,21)19-15-7-5-14(10-18)6-8-15/h5-9,19H,1-4H3. The zero-order chi connectivity index (χ0) is 17.2. The molecule has 120 valence electrons. The van der Waals surface area contributed by atoms with Crippen LogP contribution in [0.4, 0.5) is 5.69 Å². The molecule has 0 aliphatic carbocycles. The summed E-state index contributed by atoms with van der Waals surface area (Å²) in [5, 5.41) is 8.79. The average Bonchev–Trinajstić information content (AvgIpc) is 2.51. The number of hydrogen-bond donors (Lipinski definition) is 1. The number of benzene rings is 2. The molecule has 0 heterocycles. The van der Waals surface area contributed by atoms with Crippen LogP contribution in [0.25, 0.3) is 0 Å². The van der Waals surface area contributed by atoms with Gasteiger partial charge in [-0.3, -0.25) is 4.72 Å². The number of nitrogens with zero attached hydrogens (tertiary/aromatic N) is 1. The minimum Gasteiger partial charge on any atom is -0.496 e. The molecule has 0 atom stereocenters. The van der Waals surface area contributed by atoms with Gasteiger partial charge >= 0.3 is 0 Å². The van der Waals surface area contributed by atoms with Crippen molar-refractivity contribution in [1.29, 1.82) is 5.26 Å². The third-order valence-corrected chi connectivity index (χ3v) is 5.40. The quantitative estimate of drug-likeness (QED) is 0.933. The second-order valence-corrected chi connectivity index (χ2v) is 6.89. The molecule has 6 heteroatoms. The Kier molecular flexibility index (Phi) is 4.62. The highest BCUT2D eigenvalue weighted by atomic mass is 32.2. The Morgan fingerprint density at radius 3 is 2.22 bits per heavy atom. The number of sulfonamides is 1. The number of methoxy groups -OCH3 is 1. The molecule has 0 aromatic heterocycles. The molecule has 0 amide bonds. The van der Waals surface area contributed by atoms with Crippen molar-refractivity contribution >= 4 is 15.7 Å². The van der Waals surface area contributed by atoms with E-state index >= 15 is 0 Å². The predicted molar refractivity (Wildman–Crippen MR) is 89.2 cm³/mol. The predicted octanol–water partition coefficient (Wildman–Crippen LogP) is 3.29. The van der Waals surface area contributed by atoms with Crippen molar-refractivity contribution in [2.75, 3.05) is 11.8 Å². The van der Waals surface area contributed by atoms with Crippen LogP contribution in [-0.4, -0.2) is 15.5 Å². The van der Waals surface area contributed by atoms with Crippen molar-refractivity contribution in [2.45, 2.75) is 25.7 Å². The van der Waals surface area contributed by atoms with Crippen molar-refractivity contribution in [3.8, 4) is 11.8 Å². The smallest absolute Gasteiger partial charge is 0.262 e. The van der Waals surface area contributed by atoms with Gasteiger partial charge in [0, 0.05) is 5.69 Å². The topological polar surface area (TPSA) is 79.2 Å². The Bertz CT molecular complexity index is 880. The van der Waals surface area contributed by atoms with E-state index in [2.05, 4.69) is 4.72 Å². The highest BCUT2D eigenvalue weighted by Crippen LogP contribution is 2.31. The van der Waals surface area contributed by atoms with E-state index in [1.54, 1.807) is 51.3 Å². The van der Waals surface area contributed by atoms with E-state index in [4.69, 9.17) is 10.00 Å². The molecule has 2 aromatic rings. The normalized spacial score (nSPS) is 10.9. The lowest BCUT2D eigenvalue weighted by Gasteiger charge is -2.17. The van der Waals surface area contributed by atoms with Crippen LogP contribution in [-0.2, 0) is 10.0 Å². The first kappa shape index (κ1) is 16.8. The van der Waals surface area contributed by atoms with Gasteiger partial charge in [-0.15, -0.1) is 0 Å². The molecule has 0 saturated heterocycles. The summed E-state index contributed by atoms with van der Waals surface area (Å²) in [6.45, 7) is 5.33. The summed E-state index contributed by atoms with van der Waals surface area (Å²) in [5.41, 5.74) is 2.95. The van der Waals surface area contributed by atoms with Crippen molar-refractivity contribution < 1.29 is 13.2 Å². The molecule has 0 unspecified atom stereocenters. The van der Waals surface area contributed by atoms with Gasteiger partial charge < -0.3 is 4.74 Å². The molecule has 0 bridgehead atoms. The summed E-state index contributed by atoms with van der Waals surface area (Å²) in [4.78, 5) is 0.250. The summed E-state index contributed by atoms with van der Waals surface area (Å²) in [5.74, 6) is 0.664. The summed E-state index contributed by atoms with van der Waals surface area (Å²) in [6, 6.07) is 9.98. The van der Waals surface area contributed by atoms with Crippen LogP contribution in [0.5, 0.6) is 5.75 Å². The van der Waals surface area contributed by atoms with E-state index in [1.165, 1.54) is 0 Å². The minimum absolute atomic E-state index is 0.250. The maximum absolute atomic E-state index is 12.7. The largest absolute Gasteiger partial charge is 0.496 e. The highest BCUT2D eigenvalue weighted by molar-refractivity contribution is 7.92. The number of anilines is 1. The minimum atomic E-state index is -3.73. The summed E-state index contributed by atoms with van der Waals surface area (Å²) in [7, 11) is -2.17. The van der Waals surface area contributed by atoms with Crippen LogP contribution in [0.15, 0.2) is 35.2 Å². The molecule has 0 radical (unpaired) electrons. The van der Waals surface area contributed by atoms with E-state index in [1.807, 2.05) is 13.0 Å². The SMILES string of the molecule is COc1cc(C)c(S(=O)(=O)Nc2ccc(C#N)cc2)c(C)c1C. The van der Waals surface area contributed by atoms with Gasteiger partial charge in [0.05, 0.1) is 23.6 Å². The summed E-state index contributed by atoms with van der Waals surface area (Å²) < 4.78 is 33.3. The van der Waals surface area contributed by atoms with E-state index < -0.39 is 10.0 Å². The monoisotopic (exact) mass is 330 g/mol. The molecular weight excluding hydrogens is 312 g/mol. The molecule has 0 aliphatic heterocycles. The van der Waals surface area contributed by atoms with Crippen molar-refractivity contribution in [1.82, 2.24) is 0 Å².